The zero-order valence-corrected chi connectivity index (χ0v) is 14.4. The van der Waals surface area contributed by atoms with Gasteiger partial charge in [-0.3, -0.25) is 14.6 Å². The van der Waals surface area contributed by atoms with E-state index >= 15 is 0 Å². The summed E-state index contributed by atoms with van der Waals surface area (Å²) in [4.78, 5) is 22.6. The van der Waals surface area contributed by atoms with Crippen LogP contribution < -0.4 is 5.32 Å². The predicted molar refractivity (Wildman–Crippen MR) is 91.7 cm³/mol. The molecule has 0 unspecified atom stereocenters. The summed E-state index contributed by atoms with van der Waals surface area (Å²) in [5.41, 5.74) is 2.87. The zero-order chi connectivity index (χ0) is 17.6. The molecule has 4 heterocycles. The van der Waals surface area contributed by atoms with Gasteiger partial charge in [-0.1, -0.05) is 0 Å². The van der Waals surface area contributed by atoms with E-state index < -0.39 is 0 Å². The lowest BCUT2D eigenvalue weighted by molar-refractivity contribution is -0.127. The Labute approximate surface area is 144 Å². The number of rotatable bonds is 4. The minimum absolute atomic E-state index is 0.00961. The highest BCUT2D eigenvalue weighted by Gasteiger charge is 2.39. The molecule has 1 aliphatic rings. The number of nitrogens with zero attached hydrogens (tertiary/aromatic N) is 6. The minimum atomic E-state index is 0.00961. The van der Waals surface area contributed by atoms with Crippen LogP contribution in [0.5, 0.6) is 0 Å². The molecule has 0 radical (unpaired) electrons. The van der Waals surface area contributed by atoms with Crippen LogP contribution in [0.1, 0.15) is 23.7 Å². The van der Waals surface area contributed by atoms with Crippen molar-refractivity contribution in [2.75, 3.05) is 18.9 Å². The molecule has 9 nitrogen and oxygen atoms in total. The Morgan fingerprint density at radius 2 is 2.16 bits per heavy atom. The van der Waals surface area contributed by atoms with E-state index in [-0.39, 0.29) is 17.9 Å². The number of amides is 1. The third kappa shape index (κ3) is 2.51. The smallest absolute Gasteiger partial charge is 0.223 e. The van der Waals surface area contributed by atoms with Crippen LogP contribution in [0.15, 0.2) is 18.7 Å². The molecule has 130 valence electrons. The SMILES string of the molecule is Cc1c([C@H]2[C@H](CNc3ncnc4[nH]ncc34)CC(=O)N2C)cnn1C. The van der Waals surface area contributed by atoms with E-state index in [0.29, 0.717) is 18.6 Å². The summed E-state index contributed by atoms with van der Waals surface area (Å²) < 4.78 is 1.84. The van der Waals surface area contributed by atoms with Gasteiger partial charge in [0.05, 0.1) is 23.8 Å². The molecule has 3 aromatic heterocycles. The first kappa shape index (κ1) is 15.6. The summed E-state index contributed by atoms with van der Waals surface area (Å²) in [5, 5.41) is 15.4. The van der Waals surface area contributed by atoms with Crippen LogP contribution >= 0.6 is 0 Å². The summed E-state index contributed by atoms with van der Waals surface area (Å²) in [6, 6.07) is 0.00961. The maximum Gasteiger partial charge on any atom is 0.223 e. The fourth-order valence-corrected chi connectivity index (χ4v) is 3.54. The monoisotopic (exact) mass is 340 g/mol. The van der Waals surface area contributed by atoms with Crippen molar-refractivity contribution in [2.24, 2.45) is 13.0 Å². The molecule has 3 aromatic rings. The Bertz CT molecular complexity index is 929. The number of hydrogen-bond donors (Lipinski definition) is 2. The van der Waals surface area contributed by atoms with Crippen molar-refractivity contribution in [1.82, 2.24) is 34.8 Å². The molecule has 2 atom stereocenters. The molecule has 2 N–H and O–H groups in total. The number of nitrogens with one attached hydrogen (secondary N) is 2. The Kier molecular flexibility index (Phi) is 3.63. The predicted octanol–water partition coefficient (Wildman–Crippen LogP) is 1.03. The highest BCUT2D eigenvalue weighted by Crippen LogP contribution is 2.38. The summed E-state index contributed by atoms with van der Waals surface area (Å²) in [5.74, 6) is 1.01. The van der Waals surface area contributed by atoms with E-state index in [0.717, 1.165) is 22.5 Å². The number of aromatic amines is 1. The van der Waals surface area contributed by atoms with Gasteiger partial charge in [-0.15, -0.1) is 0 Å². The molecule has 9 heteroatoms. The first-order chi connectivity index (χ1) is 12.1. The van der Waals surface area contributed by atoms with Crippen molar-refractivity contribution in [3.63, 3.8) is 0 Å². The first-order valence-corrected chi connectivity index (χ1v) is 8.18. The third-order valence-corrected chi connectivity index (χ3v) is 5.07. The third-order valence-electron chi connectivity index (χ3n) is 5.07. The van der Waals surface area contributed by atoms with Crippen LogP contribution in [0.4, 0.5) is 5.82 Å². The number of aromatic nitrogens is 6. The number of carbonyl (C=O) groups excluding carboxylic acids is 1. The Balaban J connectivity index is 1.59. The number of fused-ring (bicyclic) bond motifs is 1. The number of anilines is 1. The van der Waals surface area contributed by atoms with Crippen LogP contribution in [0, 0.1) is 12.8 Å². The summed E-state index contributed by atoms with van der Waals surface area (Å²) in [6.07, 6.45) is 5.56. The van der Waals surface area contributed by atoms with Gasteiger partial charge in [0.25, 0.3) is 0 Å². The van der Waals surface area contributed by atoms with Crippen LogP contribution in [0.2, 0.25) is 0 Å². The highest BCUT2D eigenvalue weighted by molar-refractivity contribution is 5.85. The largest absolute Gasteiger partial charge is 0.369 e. The minimum Gasteiger partial charge on any atom is -0.369 e. The molecule has 25 heavy (non-hydrogen) atoms. The van der Waals surface area contributed by atoms with E-state index in [1.165, 1.54) is 6.33 Å². The molecule has 0 spiro atoms. The van der Waals surface area contributed by atoms with E-state index in [1.54, 1.807) is 6.20 Å². The molecular formula is C16H20N8O. The second-order valence-corrected chi connectivity index (χ2v) is 6.46. The van der Waals surface area contributed by atoms with Gasteiger partial charge in [0.2, 0.25) is 5.91 Å². The van der Waals surface area contributed by atoms with E-state index in [2.05, 4.69) is 30.6 Å². The van der Waals surface area contributed by atoms with Gasteiger partial charge >= 0.3 is 0 Å². The molecule has 1 amide bonds. The van der Waals surface area contributed by atoms with Crippen LogP contribution in [-0.2, 0) is 11.8 Å². The number of carbonyl (C=O) groups is 1. The van der Waals surface area contributed by atoms with E-state index in [9.17, 15) is 4.79 Å². The maximum absolute atomic E-state index is 12.3. The molecule has 4 rings (SSSR count). The van der Waals surface area contributed by atoms with Crippen LogP contribution in [-0.4, -0.2) is 54.3 Å². The summed E-state index contributed by atoms with van der Waals surface area (Å²) >= 11 is 0. The van der Waals surface area contributed by atoms with Gasteiger partial charge in [0, 0.05) is 44.2 Å². The lowest BCUT2D eigenvalue weighted by Gasteiger charge is -2.25. The van der Waals surface area contributed by atoms with Crippen molar-refractivity contribution in [2.45, 2.75) is 19.4 Å². The average Bonchev–Trinajstić information content (AvgIpc) is 3.27. The fraction of sp³-hybridized carbons (Fsp3) is 0.438. The van der Waals surface area contributed by atoms with Crippen molar-refractivity contribution in [3.05, 3.63) is 30.0 Å². The number of hydrogen-bond acceptors (Lipinski definition) is 6. The summed E-state index contributed by atoms with van der Waals surface area (Å²) in [7, 11) is 3.78. The number of likely N-dealkylation sites (tertiary alicyclic amines) is 1. The quantitative estimate of drug-likeness (QED) is 0.735. The van der Waals surface area contributed by atoms with Gasteiger partial charge in [-0.25, -0.2) is 9.97 Å². The second-order valence-electron chi connectivity index (χ2n) is 6.46. The van der Waals surface area contributed by atoms with Crippen molar-refractivity contribution in [1.29, 1.82) is 0 Å². The zero-order valence-electron chi connectivity index (χ0n) is 14.4. The van der Waals surface area contributed by atoms with Gasteiger partial charge < -0.3 is 10.2 Å². The molecule has 1 aliphatic heterocycles. The van der Waals surface area contributed by atoms with Crippen LogP contribution in [0.25, 0.3) is 11.0 Å². The van der Waals surface area contributed by atoms with Gasteiger partial charge in [-0.2, -0.15) is 10.2 Å². The summed E-state index contributed by atoms with van der Waals surface area (Å²) in [6.45, 7) is 2.66. The number of aryl methyl sites for hydroxylation is 1. The standard InChI is InChI=1S/C16H20N8O/c1-9-11(7-21-24(9)3)14-10(4-13(25)23(14)2)5-17-15-12-6-20-22-16(12)19-8-18-15/h6-8,10,14H,4-5H2,1-3H3,(H2,17,18,19,20,22)/t10-,14+/m0/s1. The van der Waals surface area contributed by atoms with E-state index in [1.807, 2.05) is 36.8 Å². The lowest BCUT2D eigenvalue weighted by atomic mass is 9.94. The maximum atomic E-state index is 12.3. The first-order valence-electron chi connectivity index (χ1n) is 8.18. The second kappa shape index (κ2) is 5.83. The van der Waals surface area contributed by atoms with Crippen molar-refractivity contribution < 1.29 is 4.79 Å². The molecular weight excluding hydrogens is 320 g/mol. The van der Waals surface area contributed by atoms with Crippen LogP contribution in [0.3, 0.4) is 0 Å². The molecule has 1 fully saturated rings. The molecule has 0 aromatic carbocycles. The number of H-pyrrole nitrogens is 1. The van der Waals surface area contributed by atoms with Crippen molar-refractivity contribution >= 4 is 22.8 Å². The average molecular weight is 340 g/mol. The lowest BCUT2D eigenvalue weighted by Crippen LogP contribution is -2.27. The highest BCUT2D eigenvalue weighted by atomic mass is 16.2. The normalized spacial score (nSPS) is 20.6. The molecule has 0 saturated carbocycles. The Morgan fingerprint density at radius 1 is 1.32 bits per heavy atom. The Hall–Kier alpha value is -2.97. The topological polar surface area (TPSA) is 105 Å². The van der Waals surface area contributed by atoms with Crippen molar-refractivity contribution in [3.8, 4) is 0 Å². The van der Waals surface area contributed by atoms with Gasteiger partial charge in [-0.05, 0) is 6.92 Å². The van der Waals surface area contributed by atoms with Gasteiger partial charge in [0.1, 0.15) is 12.1 Å². The Morgan fingerprint density at radius 3 is 2.92 bits per heavy atom. The fourth-order valence-electron chi connectivity index (χ4n) is 3.54. The molecule has 0 bridgehead atoms. The molecule has 1 saturated heterocycles. The van der Waals surface area contributed by atoms with Gasteiger partial charge in [0.15, 0.2) is 5.65 Å². The van der Waals surface area contributed by atoms with E-state index in [4.69, 9.17) is 0 Å². The molecule has 0 aliphatic carbocycles.